The van der Waals surface area contributed by atoms with Gasteiger partial charge in [-0.25, -0.2) is 5.01 Å². The van der Waals surface area contributed by atoms with Crippen LogP contribution in [0.5, 0.6) is 11.5 Å². The minimum Gasteiger partial charge on any atom is -0.493 e. The highest BCUT2D eigenvalue weighted by atomic mass is 35.5. The molecule has 0 radical (unpaired) electrons. The van der Waals surface area contributed by atoms with Crippen molar-refractivity contribution in [3.8, 4) is 11.5 Å². The van der Waals surface area contributed by atoms with E-state index in [1.165, 1.54) is 11.1 Å². The zero-order chi connectivity index (χ0) is 22.3. The summed E-state index contributed by atoms with van der Waals surface area (Å²) in [5, 5.41) is 1.70. The van der Waals surface area contributed by atoms with Crippen molar-refractivity contribution in [1.29, 1.82) is 0 Å². The predicted octanol–water partition coefficient (Wildman–Crippen LogP) is 4.65. The number of benzene rings is 3. The lowest BCUT2D eigenvalue weighted by atomic mass is 10.1. The number of ether oxygens (including phenoxy) is 2. The van der Waals surface area contributed by atoms with Crippen molar-refractivity contribution in [2.45, 2.75) is 6.42 Å². The van der Waals surface area contributed by atoms with Gasteiger partial charge in [-0.05, 0) is 48.5 Å². The number of carbonyl (C=O) groups excluding carboxylic acids is 2. The molecule has 1 aliphatic rings. The van der Waals surface area contributed by atoms with Crippen LogP contribution >= 0.6 is 11.6 Å². The quantitative estimate of drug-likeness (QED) is 0.309. The number of nitrogens with one attached hydrogen (secondary N) is 1. The van der Waals surface area contributed by atoms with Gasteiger partial charge in [0.05, 0.1) is 18.9 Å². The van der Waals surface area contributed by atoms with Gasteiger partial charge in [-0.1, -0.05) is 48.0 Å². The maximum atomic E-state index is 12.8. The molecule has 4 rings (SSSR count). The van der Waals surface area contributed by atoms with E-state index >= 15 is 0 Å². The molecule has 0 saturated carbocycles. The van der Waals surface area contributed by atoms with Gasteiger partial charge >= 0.3 is 0 Å². The summed E-state index contributed by atoms with van der Waals surface area (Å²) in [4.78, 5) is 25.3. The maximum absolute atomic E-state index is 12.8. The lowest BCUT2D eigenvalue weighted by Crippen LogP contribution is -2.35. The molecule has 1 N–H and O–H groups in total. The number of amides is 2. The Bertz CT molecular complexity index is 1130. The van der Waals surface area contributed by atoms with E-state index in [1.807, 2.05) is 36.4 Å². The Morgan fingerprint density at radius 1 is 0.875 bits per heavy atom. The molecule has 32 heavy (non-hydrogen) atoms. The smallest absolute Gasteiger partial charge is 0.282 e. The highest BCUT2D eigenvalue weighted by Crippen LogP contribution is 2.28. The Morgan fingerprint density at radius 2 is 1.56 bits per heavy atom. The molecule has 0 bridgehead atoms. The Labute approximate surface area is 191 Å². The molecule has 1 aliphatic heterocycles. The van der Waals surface area contributed by atoms with Crippen molar-refractivity contribution in [3.05, 3.63) is 95.0 Å². The number of halogens is 1. The van der Waals surface area contributed by atoms with Crippen LogP contribution < -0.4 is 19.9 Å². The summed E-state index contributed by atoms with van der Waals surface area (Å²) in [7, 11) is 0. The third-order valence-electron chi connectivity index (χ3n) is 4.74. The minimum atomic E-state index is -0.485. The van der Waals surface area contributed by atoms with E-state index in [1.54, 1.807) is 42.5 Å². The van der Waals surface area contributed by atoms with Crippen LogP contribution in [0.4, 0.5) is 5.69 Å². The van der Waals surface area contributed by atoms with Crippen LogP contribution in [0.2, 0.25) is 5.02 Å². The molecule has 0 spiro atoms. The fourth-order valence-corrected chi connectivity index (χ4v) is 3.36. The maximum Gasteiger partial charge on any atom is 0.282 e. The van der Waals surface area contributed by atoms with Crippen LogP contribution in [0.3, 0.4) is 0 Å². The van der Waals surface area contributed by atoms with Gasteiger partial charge in [-0.3, -0.25) is 15.0 Å². The number of rotatable bonds is 8. The molecule has 1 saturated heterocycles. The van der Waals surface area contributed by atoms with Gasteiger partial charge in [-0.15, -0.1) is 0 Å². The van der Waals surface area contributed by atoms with E-state index in [9.17, 15) is 9.59 Å². The lowest BCUT2D eigenvalue weighted by Gasteiger charge is -2.14. The zero-order valence-electron chi connectivity index (χ0n) is 17.2. The highest BCUT2D eigenvalue weighted by Gasteiger charge is 2.34. The van der Waals surface area contributed by atoms with E-state index in [0.29, 0.717) is 41.7 Å². The summed E-state index contributed by atoms with van der Waals surface area (Å²) in [6.45, 7) is 0.905. The molecular weight excluding hydrogens is 428 g/mol. The molecule has 1 heterocycles. The van der Waals surface area contributed by atoms with Gasteiger partial charge in [-0.2, -0.15) is 0 Å². The summed E-state index contributed by atoms with van der Waals surface area (Å²) < 4.78 is 11.5. The van der Waals surface area contributed by atoms with Gasteiger partial charge in [0.15, 0.2) is 0 Å². The third kappa shape index (κ3) is 5.10. The number of hydrogen-bond donors (Lipinski definition) is 1. The first-order chi connectivity index (χ1) is 15.6. The Hall–Kier alpha value is -3.77. The molecule has 0 aliphatic carbocycles. The van der Waals surface area contributed by atoms with E-state index in [-0.39, 0.29) is 5.57 Å². The molecule has 1 fully saturated rings. The molecule has 162 valence electrons. The number of para-hydroxylation sites is 2. The Balaban J connectivity index is 1.44. The summed E-state index contributed by atoms with van der Waals surface area (Å²) in [5.74, 6) is 0.406. The van der Waals surface area contributed by atoms with E-state index in [0.717, 1.165) is 5.75 Å². The SMILES string of the molecule is O=C1NN(c2ccccc2)C(=O)/C1=C/c1cc(Cl)ccc1OCCCOc1ccccc1. The molecular formula is C25H21ClN2O4. The van der Waals surface area contributed by atoms with Crippen LogP contribution in [0.1, 0.15) is 12.0 Å². The second-order valence-electron chi connectivity index (χ2n) is 7.02. The molecule has 2 amide bonds. The standard InChI is InChI=1S/C25H21ClN2O4/c26-19-12-13-23(32-15-7-14-31-21-10-5-2-6-11-21)18(16-19)17-22-24(29)27-28(25(22)30)20-8-3-1-4-9-20/h1-6,8-13,16-17H,7,14-15H2,(H,27,29)/b22-17+. The van der Waals surface area contributed by atoms with Gasteiger partial charge < -0.3 is 9.47 Å². The van der Waals surface area contributed by atoms with Crippen molar-refractivity contribution in [2.24, 2.45) is 0 Å². The van der Waals surface area contributed by atoms with E-state index < -0.39 is 11.8 Å². The summed E-state index contributed by atoms with van der Waals surface area (Å²) in [6.07, 6.45) is 2.16. The van der Waals surface area contributed by atoms with Crippen molar-refractivity contribution in [2.75, 3.05) is 18.2 Å². The van der Waals surface area contributed by atoms with Crippen LogP contribution in [0.25, 0.3) is 6.08 Å². The summed E-state index contributed by atoms with van der Waals surface area (Å²) >= 11 is 6.15. The number of carbonyl (C=O) groups is 2. The van der Waals surface area contributed by atoms with E-state index in [2.05, 4.69) is 5.43 Å². The Kier molecular flexibility index (Phi) is 6.72. The van der Waals surface area contributed by atoms with Gasteiger partial charge in [0.2, 0.25) is 0 Å². The second-order valence-corrected chi connectivity index (χ2v) is 7.46. The first-order valence-corrected chi connectivity index (χ1v) is 10.5. The number of nitrogens with zero attached hydrogens (tertiary/aromatic N) is 1. The average molecular weight is 449 g/mol. The van der Waals surface area contributed by atoms with Gasteiger partial charge in [0.25, 0.3) is 11.8 Å². The monoisotopic (exact) mass is 448 g/mol. The van der Waals surface area contributed by atoms with Crippen molar-refractivity contribution in [1.82, 2.24) is 5.43 Å². The lowest BCUT2D eigenvalue weighted by molar-refractivity contribution is -0.117. The van der Waals surface area contributed by atoms with E-state index in [4.69, 9.17) is 21.1 Å². The molecule has 0 unspecified atom stereocenters. The van der Waals surface area contributed by atoms with Crippen LogP contribution in [0.15, 0.2) is 84.4 Å². The number of anilines is 1. The molecule has 6 nitrogen and oxygen atoms in total. The third-order valence-corrected chi connectivity index (χ3v) is 4.97. The van der Waals surface area contributed by atoms with Gasteiger partial charge in [0, 0.05) is 17.0 Å². The molecule has 0 aromatic heterocycles. The predicted molar refractivity (Wildman–Crippen MR) is 124 cm³/mol. The number of hydrazine groups is 1. The van der Waals surface area contributed by atoms with Crippen LogP contribution in [-0.4, -0.2) is 25.0 Å². The molecule has 0 atom stereocenters. The first-order valence-electron chi connectivity index (χ1n) is 10.1. The average Bonchev–Trinajstić information content (AvgIpc) is 3.10. The van der Waals surface area contributed by atoms with Crippen LogP contribution in [0, 0.1) is 0 Å². The Morgan fingerprint density at radius 3 is 2.31 bits per heavy atom. The van der Waals surface area contributed by atoms with Crippen molar-refractivity contribution >= 4 is 35.2 Å². The fourth-order valence-electron chi connectivity index (χ4n) is 3.18. The zero-order valence-corrected chi connectivity index (χ0v) is 17.9. The summed E-state index contributed by atoms with van der Waals surface area (Å²) in [6, 6.07) is 23.5. The minimum absolute atomic E-state index is 0.00776. The molecule has 3 aromatic rings. The van der Waals surface area contributed by atoms with Crippen molar-refractivity contribution < 1.29 is 19.1 Å². The number of hydrogen-bond acceptors (Lipinski definition) is 4. The van der Waals surface area contributed by atoms with Crippen LogP contribution in [-0.2, 0) is 9.59 Å². The normalized spacial score (nSPS) is 14.5. The fraction of sp³-hybridized carbons (Fsp3) is 0.120. The van der Waals surface area contributed by atoms with Crippen molar-refractivity contribution in [3.63, 3.8) is 0 Å². The summed E-state index contributed by atoms with van der Waals surface area (Å²) in [5.41, 5.74) is 3.72. The van der Waals surface area contributed by atoms with Gasteiger partial charge in [0.1, 0.15) is 17.1 Å². The second kappa shape index (κ2) is 10.0. The highest BCUT2D eigenvalue weighted by molar-refractivity contribution is 6.32. The molecule has 3 aromatic carbocycles. The molecule has 7 heteroatoms. The topological polar surface area (TPSA) is 67.9 Å². The first kappa shape index (κ1) is 21.5. The largest absolute Gasteiger partial charge is 0.493 e.